The van der Waals surface area contributed by atoms with Gasteiger partial charge in [0.25, 0.3) is 0 Å². The van der Waals surface area contributed by atoms with Crippen LogP contribution in [0.5, 0.6) is 0 Å². The predicted molar refractivity (Wildman–Crippen MR) is 163 cm³/mol. The molecule has 4 fully saturated rings. The van der Waals surface area contributed by atoms with E-state index in [1.165, 1.54) is 8.61 Å². The number of hydrogen-bond acceptors (Lipinski definition) is 8. The summed E-state index contributed by atoms with van der Waals surface area (Å²) < 4.78 is 64.8. The fourth-order valence-electron chi connectivity index (χ4n) is 6.19. The maximum atomic E-state index is 12.9. The van der Waals surface area contributed by atoms with Crippen molar-refractivity contribution in [1.29, 1.82) is 0 Å². The highest BCUT2D eigenvalue weighted by atomic mass is 32.2. The first kappa shape index (κ1) is 32.1. The molecule has 6 atom stereocenters. The van der Waals surface area contributed by atoms with Gasteiger partial charge in [0.15, 0.2) is 0 Å². The van der Waals surface area contributed by atoms with Crippen molar-refractivity contribution in [2.75, 3.05) is 13.1 Å². The van der Waals surface area contributed by atoms with Crippen molar-refractivity contribution < 1.29 is 35.9 Å². The van der Waals surface area contributed by atoms with E-state index >= 15 is 0 Å². The number of carbonyl (C=O) groups is 2. The number of nitrogens with zero attached hydrogens (tertiary/aromatic N) is 2. The molecule has 2 aromatic rings. The number of carbonyl (C=O) groups excluding carboxylic acids is 2. The Hall–Kier alpha value is -3.32. The molecule has 0 spiro atoms. The van der Waals surface area contributed by atoms with E-state index in [2.05, 4.69) is 13.2 Å². The van der Waals surface area contributed by atoms with Crippen LogP contribution in [0.2, 0.25) is 0 Å². The van der Waals surface area contributed by atoms with Crippen molar-refractivity contribution in [3.63, 3.8) is 0 Å². The van der Waals surface area contributed by atoms with Crippen molar-refractivity contribution >= 4 is 32.0 Å². The van der Waals surface area contributed by atoms with Gasteiger partial charge in [-0.15, -0.1) is 0 Å². The van der Waals surface area contributed by atoms with E-state index in [1.54, 1.807) is 48.5 Å². The molecule has 4 bridgehead atoms. The molecule has 44 heavy (non-hydrogen) atoms. The predicted octanol–water partition coefficient (Wildman–Crippen LogP) is 3.75. The minimum atomic E-state index is -3.72. The molecule has 10 nitrogen and oxygen atoms in total. The van der Waals surface area contributed by atoms with Gasteiger partial charge in [0, 0.05) is 37.8 Å². The second-order valence-electron chi connectivity index (χ2n) is 12.1. The summed E-state index contributed by atoms with van der Waals surface area (Å²) in [6.07, 6.45) is 0.307. The van der Waals surface area contributed by atoms with E-state index in [0.717, 1.165) is 22.3 Å². The molecule has 0 aromatic heterocycles. The molecule has 0 radical (unpaired) electrons. The lowest BCUT2D eigenvalue weighted by molar-refractivity contribution is -0.144. The number of piperidine rings is 2. The molecule has 0 amide bonds. The van der Waals surface area contributed by atoms with Gasteiger partial charge in [-0.05, 0) is 52.0 Å². The zero-order valence-electron chi connectivity index (χ0n) is 25.3. The summed E-state index contributed by atoms with van der Waals surface area (Å²) in [6.45, 7) is 15.8. The summed E-state index contributed by atoms with van der Waals surface area (Å²) in [7, 11) is -7.44. The maximum Gasteiger partial charge on any atom is 0.324 e. The van der Waals surface area contributed by atoms with Crippen LogP contribution < -0.4 is 0 Å². The molecule has 12 heteroatoms. The average Bonchev–Trinajstić information content (AvgIpc) is 3.43. The first-order chi connectivity index (χ1) is 20.6. The van der Waals surface area contributed by atoms with Crippen LogP contribution in [-0.4, -0.2) is 74.8 Å². The van der Waals surface area contributed by atoms with Gasteiger partial charge >= 0.3 is 11.9 Å². The zero-order chi connectivity index (χ0) is 32.1. The van der Waals surface area contributed by atoms with Crippen molar-refractivity contribution in [2.45, 2.75) is 74.6 Å². The van der Waals surface area contributed by atoms with Crippen molar-refractivity contribution in [2.24, 2.45) is 11.8 Å². The second kappa shape index (κ2) is 11.9. The lowest BCUT2D eigenvalue weighted by Crippen LogP contribution is -2.49. The first-order valence-electron chi connectivity index (χ1n) is 14.5. The number of rotatable bonds is 6. The van der Waals surface area contributed by atoms with E-state index in [1.807, 2.05) is 27.7 Å². The fourth-order valence-corrected chi connectivity index (χ4v) is 9.42. The van der Waals surface area contributed by atoms with Crippen molar-refractivity contribution in [1.82, 2.24) is 8.61 Å². The van der Waals surface area contributed by atoms with Gasteiger partial charge in [-0.3, -0.25) is 9.59 Å². The number of benzene rings is 2. The highest BCUT2D eigenvalue weighted by Crippen LogP contribution is 2.39. The van der Waals surface area contributed by atoms with Crippen LogP contribution in [0.1, 0.15) is 37.8 Å². The molecule has 0 unspecified atom stereocenters. The molecule has 4 aliphatic heterocycles. The Bertz CT molecular complexity index is 1570. The third-order valence-electron chi connectivity index (χ3n) is 8.86. The van der Waals surface area contributed by atoms with E-state index in [0.29, 0.717) is 12.8 Å². The largest absolute Gasteiger partial charge is 0.460 e. The Balaban J connectivity index is 0.000000175. The van der Waals surface area contributed by atoms with Gasteiger partial charge in [0.1, 0.15) is 24.3 Å². The third-order valence-corrected chi connectivity index (χ3v) is 12.6. The molecule has 0 aliphatic carbocycles. The normalized spacial score (nSPS) is 28.5. The van der Waals surface area contributed by atoms with Crippen LogP contribution in [0.4, 0.5) is 0 Å². The number of hydrogen-bond donors (Lipinski definition) is 0. The summed E-state index contributed by atoms with van der Waals surface area (Å²) in [5.74, 6) is -1.21. The van der Waals surface area contributed by atoms with E-state index in [4.69, 9.17) is 9.47 Å². The maximum absolute atomic E-state index is 12.9. The van der Waals surface area contributed by atoms with Crippen molar-refractivity contribution in [3.8, 4) is 0 Å². The Morgan fingerprint density at radius 3 is 1.27 bits per heavy atom. The summed E-state index contributed by atoms with van der Waals surface area (Å²) in [5.41, 5.74) is 3.64. The van der Waals surface area contributed by atoms with Crippen LogP contribution in [0, 0.1) is 25.7 Å². The molecule has 2 aromatic carbocycles. The summed E-state index contributed by atoms with van der Waals surface area (Å²) in [5, 5.41) is 0. The van der Waals surface area contributed by atoms with Crippen LogP contribution in [-0.2, 0) is 39.1 Å². The first-order valence-corrected chi connectivity index (χ1v) is 17.4. The fraction of sp³-hybridized carbons (Fsp3) is 0.438. The number of sulfonamides is 2. The van der Waals surface area contributed by atoms with E-state index in [-0.39, 0.29) is 46.9 Å². The van der Waals surface area contributed by atoms with Gasteiger partial charge in [0.05, 0.1) is 9.79 Å². The van der Waals surface area contributed by atoms with Crippen LogP contribution >= 0.6 is 0 Å². The molecule has 0 saturated carbocycles. The standard InChI is InChI=1S/2C16H19NO4S/c2*1-10(2)13-9-17(14-8-15(13)21-16(14)18)22(19,20)12-6-4-11(3)5-7-12/h2*4-7,13-15H,1,8-9H2,2-3H3/t2*13-,14-,15-/m10/s1. The summed E-state index contributed by atoms with van der Waals surface area (Å²) in [6, 6.07) is 11.9. The molecule has 0 N–H and O–H groups in total. The van der Waals surface area contributed by atoms with Gasteiger partial charge < -0.3 is 9.47 Å². The quantitative estimate of drug-likeness (QED) is 0.345. The van der Waals surface area contributed by atoms with Gasteiger partial charge in [0.2, 0.25) is 20.0 Å². The van der Waals surface area contributed by atoms with Crippen molar-refractivity contribution in [3.05, 3.63) is 84.0 Å². The smallest absolute Gasteiger partial charge is 0.324 e. The second-order valence-corrected chi connectivity index (χ2v) is 15.9. The van der Waals surface area contributed by atoms with E-state index < -0.39 is 44.1 Å². The number of ether oxygens (including phenoxy) is 2. The van der Waals surface area contributed by atoms with Gasteiger partial charge in [-0.25, -0.2) is 16.8 Å². The minimum absolute atomic E-state index is 0.150. The lowest BCUT2D eigenvalue weighted by Gasteiger charge is -2.34. The Morgan fingerprint density at radius 2 is 0.977 bits per heavy atom. The summed E-state index contributed by atoms with van der Waals surface area (Å²) in [4.78, 5) is 24.4. The molecule has 4 aliphatic rings. The Morgan fingerprint density at radius 1 is 0.659 bits per heavy atom. The molecule has 236 valence electrons. The number of esters is 2. The average molecular weight is 643 g/mol. The highest BCUT2D eigenvalue weighted by molar-refractivity contribution is 7.89. The van der Waals surface area contributed by atoms with Gasteiger partial charge in [-0.2, -0.15) is 8.61 Å². The van der Waals surface area contributed by atoms with E-state index in [9.17, 15) is 26.4 Å². The van der Waals surface area contributed by atoms with Crippen LogP contribution in [0.3, 0.4) is 0 Å². The number of fused-ring (bicyclic) bond motifs is 4. The molecular weight excluding hydrogens is 604 g/mol. The van der Waals surface area contributed by atoms with Crippen LogP contribution in [0.25, 0.3) is 0 Å². The minimum Gasteiger partial charge on any atom is -0.460 e. The Kier molecular flexibility index (Phi) is 8.67. The lowest BCUT2D eigenvalue weighted by atomic mass is 9.89. The third kappa shape index (κ3) is 5.88. The summed E-state index contributed by atoms with van der Waals surface area (Å²) >= 11 is 0. The number of aryl methyl sites for hydroxylation is 2. The Labute approximate surface area is 259 Å². The SMILES string of the molecule is C=C(C)[C@@H]1CN(S(=O)(=O)c2ccc(C)cc2)[C@H]2C[C@@H]1OC2=O.C=C(C)[C@H]1CN(S(=O)(=O)c2ccc(C)cc2)[C@@H]2C[C@H]1OC2=O. The monoisotopic (exact) mass is 642 g/mol. The van der Waals surface area contributed by atoms with Crippen LogP contribution in [0.15, 0.2) is 82.6 Å². The molecule has 4 heterocycles. The molecular formula is C32H38N2O8S2. The molecule has 6 rings (SSSR count). The highest BCUT2D eigenvalue weighted by Gasteiger charge is 2.53. The molecule has 4 saturated heterocycles. The van der Waals surface area contributed by atoms with Gasteiger partial charge in [-0.1, -0.05) is 59.7 Å². The topological polar surface area (TPSA) is 127 Å². The zero-order valence-corrected chi connectivity index (χ0v) is 26.9.